The standard InChI is InChI=1S/C14H20N2O2S/c1-16-14(13(15)17)7-6-12(9-14)19-11-5-3-4-10(8-11)18-2/h3-5,8,12,16H,6-7,9H2,1-2H3,(H2,15,17). The summed E-state index contributed by atoms with van der Waals surface area (Å²) < 4.78 is 5.22. The van der Waals surface area contributed by atoms with Gasteiger partial charge in [0.1, 0.15) is 5.75 Å². The van der Waals surface area contributed by atoms with Crippen LogP contribution in [0.5, 0.6) is 5.75 Å². The molecular weight excluding hydrogens is 260 g/mol. The number of thioether (sulfide) groups is 1. The zero-order chi connectivity index (χ0) is 13.9. The van der Waals surface area contributed by atoms with Crippen molar-refractivity contribution in [2.24, 2.45) is 5.73 Å². The van der Waals surface area contributed by atoms with Crippen LogP contribution >= 0.6 is 11.8 Å². The van der Waals surface area contributed by atoms with Gasteiger partial charge in [0.25, 0.3) is 0 Å². The Labute approximate surface area is 118 Å². The monoisotopic (exact) mass is 280 g/mol. The highest BCUT2D eigenvalue weighted by Gasteiger charge is 2.43. The molecular formula is C14H20N2O2S. The Morgan fingerprint density at radius 1 is 1.58 bits per heavy atom. The summed E-state index contributed by atoms with van der Waals surface area (Å²) in [7, 11) is 3.47. The molecule has 1 amide bonds. The maximum Gasteiger partial charge on any atom is 0.237 e. The summed E-state index contributed by atoms with van der Waals surface area (Å²) in [6.45, 7) is 0. The Kier molecular flexibility index (Phi) is 4.37. The SMILES string of the molecule is CNC1(C(N)=O)CCC(Sc2cccc(OC)c2)C1. The summed E-state index contributed by atoms with van der Waals surface area (Å²) in [5.74, 6) is 0.613. The van der Waals surface area contributed by atoms with Gasteiger partial charge in [0, 0.05) is 10.1 Å². The predicted molar refractivity (Wildman–Crippen MR) is 77.5 cm³/mol. The topological polar surface area (TPSA) is 64.3 Å². The van der Waals surface area contributed by atoms with Crippen molar-refractivity contribution < 1.29 is 9.53 Å². The first-order valence-electron chi connectivity index (χ1n) is 6.39. The van der Waals surface area contributed by atoms with Crippen molar-refractivity contribution in [3.63, 3.8) is 0 Å². The number of nitrogens with two attached hydrogens (primary N) is 1. The fraction of sp³-hybridized carbons (Fsp3) is 0.500. The number of amides is 1. The van der Waals surface area contributed by atoms with E-state index in [1.54, 1.807) is 18.9 Å². The highest BCUT2D eigenvalue weighted by molar-refractivity contribution is 8.00. The molecule has 0 saturated heterocycles. The van der Waals surface area contributed by atoms with Crippen molar-refractivity contribution >= 4 is 17.7 Å². The lowest BCUT2D eigenvalue weighted by atomic mass is 9.97. The third-order valence-electron chi connectivity index (χ3n) is 3.76. The van der Waals surface area contributed by atoms with Crippen molar-refractivity contribution in [2.75, 3.05) is 14.2 Å². The Morgan fingerprint density at radius 2 is 2.37 bits per heavy atom. The van der Waals surface area contributed by atoms with E-state index >= 15 is 0 Å². The van der Waals surface area contributed by atoms with E-state index in [9.17, 15) is 4.79 Å². The zero-order valence-corrected chi connectivity index (χ0v) is 12.1. The average Bonchev–Trinajstić information content (AvgIpc) is 2.83. The van der Waals surface area contributed by atoms with E-state index in [2.05, 4.69) is 11.4 Å². The van der Waals surface area contributed by atoms with Crippen LogP contribution in [0.25, 0.3) is 0 Å². The molecule has 4 nitrogen and oxygen atoms in total. The van der Waals surface area contributed by atoms with Crippen LogP contribution in [-0.2, 0) is 4.79 Å². The number of rotatable bonds is 5. The number of primary amides is 1. The van der Waals surface area contributed by atoms with Crippen LogP contribution in [0.15, 0.2) is 29.2 Å². The molecule has 0 aromatic heterocycles. The Hall–Kier alpha value is -1.20. The van der Waals surface area contributed by atoms with Crippen LogP contribution in [0.4, 0.5) is 0 Å². The van der Waals surface area contributed by atoms with E-state index in [0.29, 0.717) is 5.25 Å². The van der Waals surface area contributed by atoms with Gasteiger partial charge in [-0.2, -0.15) is 0 Å². The second kappa shape index (κ2) is 5.84. The summed E-state index contributed by atoms with van der Waals surface area (Å²) in [5.41, 5.74) is 4.98. The first-order valence-corrected chi connectivity index (χ1v) is 7.27. The minimum Gasteiger partial charge on any atom is -0.497 e. The van der Waals surface area contributed by atoms with E-state index in [1.807, 2.05) is 25.2 Å². The largest absolute Gasteiger partial charge is 0.497 e. The first kappa shape index (κ1) is 14.2. The fourth-order valence-electron chi connectivity index (χ4n) is 2.54. The van der Waals surface area contributed by atoms with Gasteiger partial charge < -0.3 is 15.8 Å². The van der Waals surface area contributed by atoms with Crippen LogP contribution in [-0.4, -0.2) is 30.9 Å². The van der Waals surface area contributed by atoms with Crippen LogP contribution in [0.1, 0.15) is 19.3 Å². The van der Waals surface area contributed by atoms with Crippen molar-refractivity contribution in [2.45, 2.75) is 34.9 Å². The number of hydrogen-bond acceptors (Lipinski definition) is 4. The number of nitrogens with one attached hydrogen (secondary N) is 1. The lowest BCUT2D eigenvalue weighted by molar-refractivity contribution is -0.124. The summed E-state index contributed by atoms with van der Waals surface area (Å²) in [6, 6.07) is 8.00. The highest BCUT2D eigenvalue weighted by atomic mass is 32.2. The van der Waals surface area contributed by atoms with Crippen LogP contribution < -0.4 is 15.8 Å². The molecule has 1 aromatic carbocycles. The molecule has 1 saturated carbocycles. The Bertz CT molecular complexity index is 467. The molecule has 1 aliphatic carbocycles. The lowest BCUT2D eigenvalue weighted by Gasteiger charge is -2.24. The molecule has 19 heavy (non-hydrogen) atoms. The maximum absolute atomic E-state index is 11.6. The second-order valence-electron chi connectivity index (χ2n) is 4.86. The van der Waals surface area contributed by atoms with Gasteiger partial charge in [0.05, 0.1) is 12.6 Å². The van der Waals surface area contributed by atoms with Crippen LogP contribution in [0.3, 0.4) is 0 Å². The molecule has 0 bridgehead atoms. The molecule has 2 unspecified atom stereocenters. The molecule has 104 valence electrons. The Balaban J connectivity index is 2.03. The number of likely N-dealkylation sites (N-methyl/N-ethyl adjacent to an activating group) is 1. The van der Waals surface area contributed by atoms with Gasteiger partial charge in [-0.1, -0.05) is 6.07 Å². The maximum atomic E-state index is 11.6. The second-order valence-corrected chi connectivity index (χ2v) is 6.23. The molecule has 1 aromatic rings. The molecule has 1 aliphatic rings. The zero-order valence-electron chi connectivity index (χ0n) is 11.3. The minimum absolute atomic E-state index is 0.247. The molecule has 5 heteroatoms. The number of carbonyl (C=O) groups is 1. The molecule has 2 atom stereocenters. The van der Waals surface area contributed by atoms with Gasteiger partial charge in [-0.15, -0.1) is 11.8 Å². The van der Waals surface area contributed by atoms with Crippen molar-refractivity contribution in [1.82, 2.24) is 5.32 Å². The summed E-state index contributed by atoms with van der Waals surface area (Å²) >= 11 is 1.79. The number of ether oxygens (including phenoxy) is 1. The van der Waals surface area contributed by atoms with Crippen molar-refractivity contribution in [3.8, 4) is 5.75 Å². The van der Waals surface area contributed by atoms with Gasteiger partial charge in [-0.05, 0) is 44.5 Å². The normalized spacial score (nSPS) is 26.3. The van der Waals surface area contributed by atoms with E-state index in [4.69, 9.17) is 10.5 Å². The fourth-order valence-corrected chi connectivity index (χ4v) is 3.87. The van der Waals surface area contributed by atoms with Gasteiger partial charge in [0.15, 0.2) is 0 Å². The minimum atomic E-state index is -0.531. The van der Waals surface area contributed by atoms with Crippen molar-refractivity contribution in [1.29, 1.82) is 0 Å². The number of benzene rings is 1. The third kappa shape index (κ3) is 3.04. The Morgan fingerprint density at radius 3 is 2.95 bits per heavy atom. The number of carbonyl (C=O) groups excluding carboxylic acids is 1. The summed E-state index contributed by atoms with van der Waals surface area (Å²) in [6.07, 6.45) is 2.58. The molecule has 0 radical (unpaired) electrons. The molecule has 0 heterocycles. The van der Waals surface area contributed by atoms with Crippen LogP contribution in [0.2, 0.25) is 0 Å². The molecule has 2 rings (SSSR count). The lowest BCUT2D eigenvalue weighted by Crippen LogP contribution is -2.52. The van der Waals surface area contributed by atoms with E-state index in [-0.39, 0.29) is 5.91 Å². The molecule has 0 aliphatic heterocycles. The molecule has 3 N–H and O–H groups in total. The highest BCUT2D eigenvalue weighted by Crippen LogP contribution is 2.40. The number of methoxy groups -OCH3 is 1. The van der Waals surface area contributed by atoms with Gasteiger partial charge in [0.2, 0.25) is 5.91 Å². The number of hydrogen-bond donors (Lipinski definition) is 2. The van der Waals surface area contributed by atoms with Gasteiger partial charge >= 0.3 is 0 Å². The first-order chi connectivity index (χ1) is 9.09. The van der Waals surface area contributed by atoms with Gasteiger partial charge in [-0.3, -0.25) is 4.79 Å². The third-order valence-corrected chi connectivity index (χ3v) is 5.03. The van der Waals surface area contributed by atoms with E-state index in [0.717, 1.165) is 25.0 Å². The quantitative estimate of drug-likeness (QED) is 0.863. The van der Waals surface area contributed by atoms with E-state index < -0.39 is 5.54 Å². The molecule has 1 fully saturated rings. The smallest absolute Gasteiger partial charge is 0.237 e. The van der Waals surface area contributed by atoms with E-state index in [1.165, 1.54) is 4.90 Å². The van der Waals surface area contributed by atoms with Crippen molar-refractivity contribution in [3.05, 3.63) is 24.3 Å². The van der Waals surface area contributed by atoms with Crippen LogP contribution in [0, 0.1) is 0 Å². The summed E-state index contributed by atoms with van der Waals surface area (Å²) in [5, 5.41) is 3.51. The summed E-state index contributed by atoms with van der Waals surface area (Å²) in [4.78, 5) is 12.8. The molecule has 0 spiro atoms. The average molecular weight is 280 g/mol. The van der Waals surface area contributed by atoms with Gasteiger partial charge in [-0.25, -0.2) is 0 Å². The predicted octanol–water partition coefficient (Wildman–Crippen LogP) is 1.78.